The summed E-state index contributed by atoms with van der Waals surface area (Å²) in [5.41, 5.74) is 21.8. The maximum atomic E-state index is 11.6. The molecule has 0 spiro atoms. The second-order valence-electron chi connectivity index (χ2n) is 4.04. The van der Waals surface area contributed by atoms with Gasteiger partial charge in [-0.2, -0.15) is 0 Å². The zero-order valence-corrected chi connectivity index (χ0v) is 15.4. The topological polar surface area (TPSA) is 215 Å². The molecule has 12 heteroatoms. The van der Waals surface area contributed by atoms with Gasteiger partial charge in [-0.3, -0.25) is 24.0 Å². The summed E-state index contributed by atoms with van der Waals surface area (Å²) in [6.07, 6.45) is 0. The van der Waals surface area contributed by atoms with Crippen LogP contribution in [0.1, 0.15) is 51.8 Å². The van der Waals surface area contributed by atoms with Crippen molar-refractivity contribution in [2.24, 2.45) is 28.7 Å². The van der Waals surface area contributed by atoms with Crippen LogP contribution in [-0.4, -0.2) is 29.5 Å². The Balaban J connectivity index is 0.00000484. The van der Waals surface area contributed by atoms with Crippen molar-refractivity contribution in [3.8, 4) is 0 Å². The van der Waals surface area contributed by atoms with E-state index >= 15 is 0 Å². The Hall–Kier alpha value is -2.46. The predicted molar refractivity (Wildman–Crippen MR) is 76.3 cm³/mol. The molecule has 1 rings (SSSR count). The van der Waals surface area contributed by atoms with Crippen molar-refractivity contribution in [1.29, 1.82) is 0 Å². The molecule has 0 aliphatic rings. The summed E-state index contributed by atoms with van der Waals surface area (Å²) in [5.74, 6) is -6.39. The number of benzene rings is 1. The SMILES string of the molecule is NC(=O)c1c(S)c(C(N)=O)c(C(N)=O)c(C(N)=O)c1C(N)=O.[Zn]. The van der Waals surface area contributed by atoms with Gasteiger partial charge in [-0.1, -0.05) is 0 Å². The fraction of sp³-hybridized carbons (Fsp3) is 0. The minimum Gasteiger partial charge on any atom is -0.366 e. The minimum atomic E-state index is -1.33. The Morgan fingerprint density at radius 2 is 0.696 bits per heavy atom. The summed E-state index contributed by atoms with van der Waals surface area (Å²) < 4.78 is 0. The Labute approximate surface area is 147 Å². The maximum absolute atomic E-state index is 11.6. The van der Waals surface area contributed by atoms with Crippen LogP contribution in [0.15, 0.2) is 4.90 Å². The number of nitrogens with two attached hydrogens (primary N) is 5. The van der Waals surface area contributed by atoms with Gasteiger partial charge in [0.15, 0.2) is 0 Å². The first-order chi connectivity index (χ1) is 10.0. The quantitative estimate of drug-likeness (QED) is 0.236. The first-order valence-electron chi connectivity index (χ1n) is 5.44. The molecule has 23 heavy (non-hydrogen) atoms. The second-order valence-corrected chi connectivity index (χ2v) is 4.49. The van der Waals surface area contributed by atoms with E-state index in [9.17, 15) is 24.0 Å². The number of hydrogen-bond acceptors (Lipinski definition) is 6. The van der Waals surface area contributed by atoms with E-state index in [0.717, 1.165) is 0 Å². The van der Waals surface area contributed by atoms with Gasteiger partial charge in [0.05, 0.1) is 27.8 Å². The maximum Gasteiger partial charge on any atom is 0.250 e. The molecule has 1 aromatic rings. The molecule has 0 fully saturated rings. The molecule has 1 aromatic carbocycles. The van der Waals surface area contributed by atoms with Crippen LogP contribution >= 0.6 is 12.6 Å². The van der Waals surface area contributed by atoms with Crippen molar-refractivity contribution in [3.05, 3.63) is 27.8 Å². The van der Waals surface area contributed by atoms with E-state index < -0.39 is 62.2 Å². The summed E-state index contributed by atoms with van der Waals surface area (Å²) in [6.45, 7) is 0. The normalized spacial score (nSPS) is 9.61. The average molecular weight is 391 g/mol. The van der Waals surface area contributed by atoms with Crippen molar-refractivity contribution >= 4 is 42.2 Å². The van der Waals surface area contributed by atoms with Crippen LogP contribution in [-0.2, 0) is 19.5 Å². The van der Waals surface area contributed by atoms with Crippen molar-refractivity contribution in [1.82, 2.24) is 0 Å². The van der Waals surface area contributed by atoms with Gasteiger partial charge < -0.3 is 28.7 Å². The minimum absolute atomic E-state index is 0. The summed E-state index contributed by atoms with van der Waals surface area (Å²) in [6, 6.07) is 0. The van der Waals surface area contributed by atoms with E-state index in [1.165, 1.54) is 0 Å². The summed E-state index contributed by atoms with van der Waals surface area (Å²) in [4.78, 5) is 57.3. The van der Waals surface area contributed by atoms with Gasteiger partial charge in [-0.25, -0.2) is 0 Å². The van der Waals surface area contributed by atoms with E-state index in [1.807, 2.05) is 0 Å². The molecule has 0 atom stereocenters. The van der Waals surface area contributed by atoms with Crippen LogP contribution in [0.3, 0.4) is 0 Å². The Bertz CT molecular complexity index is 711. The number of carbonyl (C=O) groups excluding carboxylic acids is 5. The van der Waals surface area contributed by atoms with Crippen LogP contribution in [0, 0.1) is 0 Å². The van der Waals surface area contributed by atoms with Gasteiger partial charge in [0.1, 0.15) is 0 Å². The number of rotatable bonds is 5. The molecule has 5 amide bonds. The van der Waals surface area contributed by atoms with E-state index in [1.54, 1.807) is 0 Å². The zero-order chi connectivity index (χ0) is 17.4. The van der Waals surface area contributed by atoms with E-state index in [0.29, 0.717) is 0 Å². The number of thiol groups is 1. The fourth-order valence-electron chi connectivity index (χ4n) is 1.96. The Morgan fingerprint density at radius 1 is 0.522 bits per heavy atom. The number of primary amides is 5. The van der Waals surface area contributed by atoms with Crippen molar-refractivity contribution in [2.45, 2.75) is 4.90 Å². The third-order valence-electron chi connectivity index (χ3n) is 2.71. The Morgan fingerprint density at radius 3 is 0.870 bits per heavy atom. The molecule has 0 heterocycles. The van der Waals surface area contributed by atoms with E-state index in [2.05, 4.69) is 12.6 Å². The standard InChI is InChI=1S/C11H11N5O5S.Zn/c12-7(17)1-2(8(13)18)4(10(15)20)6(22)5(11(16)21)3(1)9(14)19;/h22H,(H2,12,17)(H2,13,18)(H2,14,19)(H2,15,20)(H2,16,21);. The Kier molecular flexibility index (Phi) is 6.43. The molecule has 0 saturated carbocycles. The van der Waals surface area contributed by atoms with Crippen LogP contribution in [0.25, 0.3) is 0 Å². The smallest absolute Gasteiger partial charge is 0.250 e. The van der Waals surface area contributed by atoms with Gasteiger partial charge in [-0.15, -0.1) is 12.6 Å². The van der Waals surface area contributed by atoms with E-state index in [-0.39, 0.29) is 19.5 Å². The van der Waals surface area contributed by atoms with Gasteiger partial charge in [-0.05, 0) is 0 Å². The third kappa shape index (κ3) is 3.49. The van der Waals surface area contributed by atoms with Crippen molar-refractivity contribution < 1.29 is 43.5 Å². The molecule has 0 aliphatic carbocycles. The number of hydrogen-bond donors (Lipinski definition) is 6. The van der Waals surface area contributed by atoms with Crippen LogP contribution in [0.5, 0.6) is 0 Å². The van der Waals surface area contributed by atoms with Gasteiger partial charge >= 0.3 is 0 Å². The largest absolute Gasteiger partial charge is 0.366 e. The molecule has 0 radical (unpaired) electrons. The number of amides is 5. The molecule has 0 aliphatic heterocycles. The molecular weight excluding hydrogens is 380 g/mol. The van der Waals surface area contributed by atoms with Gasteiger partial charge in [0.2, 0.25) is 17.7 Å². The van der Waals surface area contributed by atoms with Crippen molar-refractivity contribution in [3.63, 3.8) is 0 Å². The van der Waals surface area contributed by atoms with Crippen molar-refractivity contribution in [2.75, 3.05) is 0 Å². The predicted octanol–water partition coefficient (Wildman–Crippen LogP) is -2.53. The average Bonchev–Trinajstić information content (AvgIpc) is 2.34. The molecular formula is C11H11N5O5SZn. The molecule has 10 nitrogen and oxygen atoms in total. The van der Waals surface area contributed by atoms with Crippen LogP contribution in [0.4, 0.5) is 0 Å². The molecule has 10 N–H and O–H groups in total. The fourth-order valence-corrected chi connectivity index (χ4v) is 2.40. The molecule has 0 bridgehead atoms. The summed E-state index contributed by atoms with van der Waals surface area (Å²) in [5, 5.41) is 0. The van der Waals surface area contributed by atoms with E-state index in [4.69, 9.17) is 28.7 Å². The first kappa shape index (κ1) is 20.5. The monoisotopic (exact) mass is 389 g/mol. The van der Waals surface area contributed by atoms with Crippen LogP contribution in [0.2, 0.25) is 0 Å². The van der Waals surface area contributed by atoms with Gasteiger partial charge in [0.25, 0.3) is 11.8 Å². The molecule has 0 saturated heterocycles. The molecule has 118 valence electrons. The van der Waals surface area contributed by atoms with Gasteiger partial charge in [0, 0.05) is 24.4 Å². The molecule has 0 unspecified atom stereocenters. The second kappa shape index (κ2) is 7.20. The zero-order valence-electron chi connectivity index (χ0n) is 11.6. The first-order valence-corrected chi connectivity index (χ1v) is 5.88. The molecule has 0 aromatic heterocycles. The van der Waals surface area contributed by atoms with Crippen LogP contribution < -0.4 is 28.7 Å². The summed E-state index contributed by atoms with van der Waals surface area (Å²) >= 11 is 3.87. The summed E-state index contributed by atoms with van der Waals surface area (Å²) in [7, 11) is 0. The number of carbonyl (C=O) groups is 5. The third-order valence-corrected chi connectivity index (χ3v) is 3.15.